The van der Waals surface area contributed by atoms with Crippen molar-refractivity contribution in [2.75, 3.05) is 13.6 Å². The molecule has 1 aliphatic heterocycles. The molecule has 0 saturated heterocycles. The first kappa shape index (κ1) is 21.8. The molecule has 0 amide bonds. The maximum absolute atomic E-state index is 4.63. The average Bonchev–Trinajstić information content (AvgIpc) is 3.43. The van der Waals surface area contributed by atoms with Crippen molar-refractivity contribution in [1.29, 1.82) is 0 Å². The number of nitrogens with one attached hydrogen (secondary N) is 3. The van der Waals surface area contributed by atoms with Gasteiger partial charge in [-0.15, -0.1) is 0 Å². The molecule has 1 fully saturated rings. The number of nitrogens with zero attached hydrogens (tertiary/aromatic N) is 4. The predicted octanol–water partition coefficient (Wildman–Crippen LogP) is 2.98. The van der Waals surface area contributed by atoms with E-state index in [4.69, 9.17) is 0 Å². The molecule has 0 bridgehead atoms. The third kappa shape index (κ3) is 5.26. The highest BCUT2D eigenvalue weighted by Crippen LogP contribution is 2.31. The molecule has 3 N–H and O–H groups in total. The molecule has 7 nitrogen and oxygen atoms in total. The highest BCUT2D eigenvalue weighted by molar-refractivity contribution is 5.80. The Balaban J connectivity index is 1.34. The molecule has 2 aromatic rings. The van der Waals surface area contributed by atoms with Crippen LogP contribution >= 0.6 is 0 Å². The van der Waals surface area contributed by atoms with E-state index in [0.29, 0.717) is 12.1 Å². The number of hydrogen-bond donors (Lipinski definition) is 3. The molecule has 2 aliphatic rings. The topological polar surface area (TPSA) is 79.2 Å². The molecule has 2 atom stereocenters. The van der Waals surface area contributed by atoms with Crippen molar-refractivity contribution < 1.29 is 0 Å². The van der Waals surface area contributed by atoms with Crippen LogP contribution in [0.2, 0.25) is 0 Å². The van der Waals surface area contributed by atoms with Crippen LogP contribution in [-0.4, -0.2) is 45.9 Å². The van der Waals surface area contributed by atoms with E-state index in [1.165, 1.54) is 31.2 Å². The summed E-state index contributed by atoms with van der Waals surface area (Å²) in [6.45, 7) is 6.10. The molecule has 1 aromatic carbocycles. The van der Waals surface area contributed by atoms with Crippen molar-refractivity contribution in [2.45, 2.75) is 83.0 Å². The van der Waals surface area contributed by atoms with Gasteiger partial charge in [0.05, 0.1) is 6.54 Å². The molecule has 1 aromatic heterocycles. The van der Waals surface area contributed by atoms with Gasteiger partial charge in [0.1, 0.15) is 5.82 Å². The Morgan fingerprint density at radius 1 is 1.26 bits per heavy atom. The maximum Gasteiger partial charge on any atom is 0.191 e. The van der Waals surface area contributed by atoms with Gasteiger partial charge < -0.3 is 16.0 Å². The fraction of sp³-hybridized carbons (Fsp3) is 0.625. The number of benzene rings is 1. The number of hydrogen-bond acceptors (Lipinski definition) is 4. The van der Waals surface area contributed by atoms with Gasteiger partial charge in [-0.1, -0.05) is 50.1 Å². The van der Waals surface area contributed by atoms with Crippen LogP contribution in [0.3, 0.4) is 0 Å². The zero-order valence-electron chi connectivity index (χ0n) is 19.2. The zero-order chi connectivity index (χ0) is 21.7. The van der Waals surface area contributed by atoms with Gasteiger partial charge in [-0.2, -0.15) is 5.10 Å². The Labute approximate surface area is 186 Å². The average molecular weight is 424 g/mol. The number of aryl methyl sites for hydroxylation is 2. The minimum Gasteiger partial charge on any atom is -0.355 e. The van der Waals surface area contributed by atoms with Crippen LogP contribution in [0.4, 0.5) is 0 Å². The lowest BCUT2D eigenvalue weighted by Gasteiger charge is -2.35. The highest BCUT2D eigenvalue weighted by atomic mass is 15.4. The van der Waals surface area contributed by atoms with E-state index < -0.39 is 0 Å². The van der Waals surface area contributed by atoms with Crippen LogP contribution < -0.4 is 16.0 Å². The highest BCUT2D eigenvalue weighted by Gasteiger charge is 2.35. The van der Waals surface area contributed by atoms with Gasteiger partial charge in [0.25, 0.3) is 0 Å². The minimum atomic E-state index is 0.106. The smallest absolute Gasteiger partial charge is 0.191 e. The summed E-state index contributed by atoms with van der Waals surface area (Å²) in [5, 5.41) is 15.8. The molecule has 1 aliphatic carbocycles. The van der Waals surface area contributed by atoms with Crippen LogP contribution in [0.1, 0.15) is 69.2 Å². The minimum absolute atomic E-state index is 0.106. The largest absolute Gasteiger partial charge is 0.355 e. The fourth-order valence-corrected chi connectivity index (χ4v) is 4.98. The Morgan fingerprint density at radius 3 is 2.74 bits per heavy atom. The summed E-state index contributed by atoms with van der Waals surface area (Å²) in [5.74, 6) is 2.94. The monoisotopic (exact) mass is 423 g/mol. The normalized spacial score (nSPS) is 21.5. The van der Waals surface area contributed by atoms with Crippen LogP contribution in [-0.2, 0) is 19.4 Å². The second-order valence-corrected chi connectivity index (χ2v) is 9.05. The second kappa shape index (κ2) is 9.81. The summed E-state index contributed by atoms with van der Waals surface area (Å²) >= 11 is 0. The number of fused-ring (bicyclic) bond motifs is 1. The van der Waals surface area contributed by atoms with Gasteiger partial charge in [-0.05, 0) is 31.7 Å². The van der Waals surface area contributed by atoms with Crippen molar-refractivity contribution in [3.05, 3.63) is 47.5 Å². The van der Waals surface area contributed by atoms with Gasteiger partial charge in [-0.25, -0.2) is 9.67 Å². The van der Waals surface area contributed by atoms with E-state index >= 15 is 0 Å². The summed E-state index contributed by atoms with van der Waals surface area (Å²) in [7, 11) is 1.86. The molecule has 2 heterocycles. The number of guanidine groups is 1. The SMILES string of the molecule is CCc1nc2n(n1)CC(NC(=NC)NCC1(NC(C)c3ccccc3)CCCC1)CC2. The summed E-state index contributed by atoms with van der Waals surface area (Å²) in [6, 6.07) is 11.4. The molecule has 31 heavy (non-hydrogen) atoms. The Kier molecular flexibility index (Phi) is 6.90. The van der Waals surface area contributed by atoms with E-state index in [-0.39, 0.29) is 5.54 Å². The molecule has 7 heteroatoms. The van der Waals surface area contributed by atoms with E-state index in [1.54, 1.807) is 0 Å². The first-order valence-electron chi connectivity index (χ1n) is 11.8. The lowest BCUT2D eigenvalue weighted by atomic mass is 9.94. The second-order valence-electron chi connectivity index (χ2n) is 9.05. The van der Waals surface area contributed by atoms with E-state index in [2.05, 4.69) is 79.9 Å². The van der Waals surface area contributed by atoms with Crippen LogP contribution in [0, 0.1) is 0 Å². The van der Waals surface area contributed by atoms with Gasteiger partial charge in [-0.3, -0.25) is 4.99 Å². The molecule has 0 spiro atoms. The predicted molar refractivity (Wildman–Crippen MR) is 125 cm³/mol. The molecule has 2 unspecified atom stereocenters. The van der Waals surface area contributed by atoms with Gasteiger partial charge in [0.15, 0.2) is 11.8 Å². The van der Waals surface area contributed by atoms with Gasteiger partial charge >= 0.3 is 0 Å². The summed E-state index contributed by atoms with van der Waals surface area (Å²) in [6.07, 6.45) is 7.84. The number of aromatic nitrogens is 3. The fourth-order valence-electron chi connectivity index (χ4n) is 4.98. The zero-order valence-corrected chi connectivity index (χ0v) is 19.2. The van der Waals surface area contributed by atoms with Gasteiger partial charge in [0, 0.05) is 44.1 Å². The first-order chi connectivity index (χ1) is 15.1. The summed E-state index contributed by atoms with van der Waals surface area (Å²) in [4.78, 5) is 9.13. The van der Waals surface area contributed by atoms with Crippen molar-refractivity contribution in [3.8, 4) is 0 Å². The third-order valence-electron chi connectivity index (χ3n) is 6.76. The lowest BCUT2D eigenvalue weighted by molar-refractivity contribution is 0.296. The third-order valence-corrected chi connectivity index (χ3v) is 6.76. The molecule has 168 valence electrons. The summed E-state index contributed by atoms with van der Waals surface area (Å²) < 4.78 is 2.06. The van der Waals surface area contributed by atoms with Gasteiger partial charge in [0.2, 0.25) is 0 Å². The molecular formula is C24H37N7. The molecule has 0 radical (unpaired) electrons. The lowest BCUT2D eigenvalue weighted by Crippen LogP contribution is -2.55. The maximum atomic E-state index is 4.63. The summed E-state index contributed by atoms with van der Waals surface area (Å²) in [5.41, 5.74) is 1.45. The van der Waals surface area contributed by atoms with Crippen LogP contribution in [0.25, 0.3) is 0 Å². The quantitative estimate of drug-likeness (QED) is 0.471. The van der Waals surface area contributed by atoms with E-state index in [0.717, 1.165) is 50.0 Å². The molecule has 4 rings (SSSR count). The Morgan fingerprint density at radius 2 is 2.03 bits per heavy atom. The molecule has 1 saturated carbocycles. The van der Waals surface area contributed by atoms with E-state index in [9.17, 15) is 0 Å². The molecular weight excluding hydrogens is 386 g/mol. The van der Waals surface area contributed by atoms with Crippen LogP contribution in [0.15, 0.2) is 35.3 Å². The van der Waals surface area contributed by atoms with E-state index in [1.807, 2.05) is 7.05 Å². The number of rotatable bonds is 7. The Bertz CT molecular complexity index is 867. The Hall–Kier alpha value is -2.41. The van der Waals surface area contributed by atoms with Crippen molar-refractivity contribution in [1.82, 2.24) is 30.7 Å². The van der Waals surface area contributed by atoms with Crippen LogP contribution in [0.5, 0.6) is 0 Å². The first-order valence-corrected chi connectivity index (χ1v) is 11.8. The standard InChI is InChI=1S/C24H37N7/c1-4-21-28-22-13-12-20(16-31(22)30-21)27-23(25-3)26-17-24(14-8-9-15-24)29-18(2)19-10-6-5-7-11-19/h5-7,10-11,18,20,29H,4,8-9,12-17H2,1-3H3,(H2,25,26,27). The van der Waals surface area contributed by atoms with Crippen molar-refractivity contribution >= 4 is 5.96 Å². The van der Waals surface area contributed by atoms with Crippen molar-refractivity contribution in [2.24, 2.45) is 4.99 Å². The number of aliphatic imine (C=N–C) groups is 1. The van der Waals surface area contributed by atoms with Crippen molar-refractivity contribution in [3.63, 3.8) is 0 Å².